The molecule has 146 valence electrons. The zero-order chi connectivity index (χ0) is 19.2. The molecule has 1 aromatic heterocycles. The first-order valence-corrected chi connectivity index (χ1v) is 9.57. The van der Waals surface area contributed by atoms with E-state index in [1.54, 1.807) is 0 Å². The monoisotopic (exact) mass is 363 g/mol. The highest BCUT2D eigenvalue weighted by Gasteiger charge is 2.21. The molecule has 1 amide bonds. The van der Waals surface area contributed by atoms with Crippen LogP contribution < -0.4 is 15.0 Å². The maximum atomic E-state index is 12.7. The lowest BCUT2D eigenvalue weighted by atomic mass is 9.91. The highest BCUT2D eigenvalue weighted by Crippen LogP contribution is 2.27. The van der Waals surface area contributed by atoms with Crippen LogP contribution >= 0.6 is 0 Å². The van der Waals surface area contributed by atoms with Crippen molar-refractivity contribution in [3.63, 3.8) is 0 Å². The van der Waals surface area contributed by atoms with Crippen LogP contribution in [0.25, 0.3) is 0 Å². The first-order valence-electron chi connectivity index (χ1n) is 9.57. The van der Waals surface area contributed by atoms with E-state index in [1.807, 2.05) is 19.9 Å². The maximum Gasteiger partial charge on any atom is 0.256 e. The summed E-state index contributed by atoms with van der Waals surface area (Å²) in [5, 5.41) is 3.02. The number of aryl methyl sites for hydroxylation is 1. The molecule has 0 unspecified atom stereocenters. The molecule has 1 aromatic rings. The first-order chi connectivity index (χ1) is 12.3. The number of morpholine rings is 1. The number of nitrogens with one attached hydrogen (secondary N) is 1. The summed E-state index contributed by atoms with van der Waals surface area (Å²) in [7, 11) is 0. The average molecular weight is 364 g/mol. The Labute approximate surface area is 157 Å². The third-order valence-corrected chi connectivity index (χ3v) is 4.40. The van der Waals surface area contributed by atoms with Gasteiger partial charge in [0.2, 0.25) is 0 Å². The first kappa shape index (κ1) is 20.5. The molecular weight excluding hydrogens is 330 g/mol. The molecule has 26 heavy (non-hydrogen) atoms. The minimum atomic E-state index is -0.110. The summed E-state index contributed by atoms with van der Waals surface area (Å²) in [6, 6.07) is 1.88. The predicted molar refractivity (Wildman–Crippen MR) is 104 cm³/mol. The van der Waals surface area contributed by atoms with Gasteiger partial charge in [0.25, 0.3) is 5.91 Å². The van der Waals surface area contributed by atoms with Crippen molar-refractivity contribution in [2.24, 2.45) is 5.41 Å². The largest absolute Gasteiger partial charge is 0.493 e. The standard InChI is InChI=1S/C20H33N3O3/c1-6-26-16-14-17(23-10-12-25-13-11-23)22-15(2)18(16)19(24)21-9-7-8-20(3,4)5/h14H,6-13H2,1-5H3,(H,21,24). The van der Waals surface area contributed by atoms with Gasteiger partial charge in [-0.1, -0.05) is 20.8 Å². The van der Waals surface area contributed by atoms with Gasteiger partial charge in [0.1, 0.15) is 17.1 Å². The predicted octanol–water partition coefficient (Wildman–Crippen LogP) is 3.18. The van der Waals surface area contributed by atoms with Crippen LogP contribution in [0.4, 0.5) is 5.82 Å². The number of anilines is 1. The highest BCUT2D eigenvalue weighted by molar-refractivity contribution is 5.98. The van der Waals surface area contributed by atoms with Gasteiger partial charge in [-0.05, 0) is 32.1 Å². The molecule has 0 aliphatic carbocycles. The molecule has 1 N–H and O–H groups in total. The van der Waals surface area contributed by atoms with Crippen LogP contribution in [0.1, 0.15) is 56.6 Å². The highest BCUT2D eigenvalue weighted by atomic mass is 16.5. The number of nitrogens with zero attached hydrogens (tertiary/aromatic N) is 2. The smallest absolute Gasteiger partial charge is 0.256 e. The molecule has 2 rings (SSSR count). The summed E-state index contributed by atoms with van der Waals surface area (Å²) < 4.78 is 11.2. The summed E-state index contributed by atoms with van der Waals surface area (Å²) >= 11 is 0. The SMILES string of the molecule is CCOc1cc(N2CCOCC2)nc(C)c1C(=O)NCCCC(C)(C)C. The molecule has 0 spiro atoms. The normalized spacial score (nSPS) is 15.0. The Hall–Kier alpha value is -1.82. The lowest BCUT2D eigenvalue weighted by Gasteiger charge is -2.28. The van der Waals surface area contributed by atoms with E-state index in [2.05, 4.69) is 36.0 Å². The fraction of sp³-hybridized carbons (Fsp3) is 0.700. The molecule has 1 aliphatic heterocycles. The van der Waals surface area contributed by atoms with E-state index in [-0.39, 0.29) is 11.3 Å². The number of hydrogen-bond donors (Lipinski definition) is 1. The fourth-order valence-electron chi connectivity index (χ4n) is 3.04. The van der Waals surface area contributed by atoms with Crippen molar-refractivity contribution in [2.45, 2.75) is 47.5 Å². The molecule has 1 aliphatic rings. The Morgan fingerprint density at radius 1 is 1.35 bits per heavy atom. The van der Waals surface area contributed by atoms with E-state index < -0.39 is 0 Å². The van der Waals surface area contributed by atoms with Crippen LogP contribution in [-0.2, 0) is 4.74 Å². The molecule has 1 fully saturated rings. The lowest BCUT2D eigenvalue weighted by molar-refractivity contribution is 0.0946. The van der Waals surface area contributed by atoms with E-state index >= 15 is 0 Å². The molecule has 1 saturated heterocycles. The second-order valence-corrected chi connectivity index (χ2v) is 7.89. The average Bonchev–Trinajstić information content (AvgIpc) is 2.58. The number of carbonyl (C=O) groups is 1. The van der Waals surface area contributed by atoms with E-state index in [0.717, 1.165) is 31.7 Å². The van der Waals surface area contributed by atoms with Crippen molar-refractivity contribution >= 4 is 11.7 Å². The molecule has 6 nitrogen and oxygen atoms in total. The second-order valence-electron chi connectivity index (χ2n) is 7.89. The lowest BCUT2D eigenvalue weighted by Crippen LogP contribution is -2.37. The van der Waals surface area contributed by atoms with Gasteiger partial charge >= 0.3 is 0 Å². The number of hydrogen-bond acceptors (Lipinski definition) is 5. The zero-order valence-corrected chi connectivity index (χ0v) is 16.9. The van der Waals surface area contributed by atoms with Gasteiger partial charge in [-0.15, -0.1) is 0 Å². The van der Waals surface area contributed by atoms with Crippen molar-refractivity contribution in [3.8, 4) is 5.75 Å². The molecule has 6 heteroatoms. The number of pyridine rings is 1. The molecule has 0 saturated carbocycles. The molecule has 0 atom stereocenters. The Kier molecular flexibility index (Phi) is 7.26. The third-order valence-electron chi connectivity index (χ3n) is 4.40. The van der Waals surface area contributed by atoms with Crippen molar-refractivity contribution in [1.29, 1.82) is 0 Å². The van der Waals surface area contributed by atoms with Gasteiger partial charge in [0.15, 0.2) is 0 Å². The van der Waals surface area contributed by atoms with Crippen molar-refractivity contribution in [2.75, 3.05) is 44.4 Å². The Morgan fingerprint density at radius 3 is 2.65 bits per heavy atom. The van der Waals surface area contributed by atoms with Crippen LogP contribution in [0.2, 0.25) is 0 Å². The van der Waals surface area contributed by atoms with E-state index in [9.17, 15) is 4.79 Å². The van der Waals surface area contributed by atoms with Crippen molar-refractivity contribution in [3.05, 3.63) is 17.3 Å². The van der Waals surface area contributed by atoms with Gasteiger partial charge < -0.3 is 19.7 Å². The van der Waals surface area contributed by atoms with Crippen LogP contribution in [0.15, 0.2) is 6.07 Å². The molecule has 0 radical (unpaired) electrons. The minimum absolute atomic E-state index is 0.110. The van der Waals surface area contributed by atoms with Crippen LogP contribution in [0.3, 0.4) is 0 Å². The summed E-state index contributed by atoms with van der Waals surface area (Å²) in [5.41, 5.74) is 1.52. The Morgan fingerprint density at radius 2 is 2.04 bits per heavy atom. The van der Waals surface area contributed by atoms with Gasteiger partial charge in [0.05, 0.1) is 25.5 Å². The summed E-state index contributed by atoms with van der Waals surface area (Å²) in [5.74, 6) is 1.34. The molecule has 2 heterocycles. The zero-order valence-electron chi connectivity index (χ0n) is 16.9. The van der Waals surface area contributed by atoms with Gasteiger partial charge in [-0.2, -0.15) is 0 Å². The number of ether oxygens (including phenoxy) is 2. The van der Waals surface area contributed by atoms with E-state index in [1.165, 1.54) is 0 Å². The van der Waals surface area contributed by atoms with E-state index in [4.69, 9.17) is 9.47 Å². The van der Waals surface area contributed by atoms with Crippen molar-refractivity contribution < 1.29 is 14.3 Å². The topological polar surface area (TPSA) is 63.7 Å². The van der Waals surface area contributed by atoms with Crippen LogP contribution in [0, 0.1) is 12.3 Å². The summed E-state index contributed by atoms with van der Waals surface area (Å²) in [4.78, 5) is 19.5. The molecular formula is C20H33N3O3. The molecule has 0 bridgehead atoms. The number of rotatable bonds is 7. The maximum absolute atomic E-state index is 12.7. The third kappa shape index (κ3) is 5.87. The van der Waals surface area contributed by atoms with Gasteiger partial charge in [-0.25, -0.2) is 4.98 Å². The van der Waals surface area contributed by atoms with E-state index in [0.29, 0.717) is 43.4 Å². The number of amides is 1. The molecule has 0 aromatic carbocycles. The fourth-order valence-corrected chi connectivity index (χ4v) is 3.04. The van der Waals surface area contributed by atoms with Gasteiger partial charge in [0, 0.05) is 25.7 Å². The van der Waals surface area contributed by atoms with Crippen LogP contribution in [0.5, 0.6) is 5.75 Å². The second kappa shape index (κ2) is 9.21. The minimum Gasteiger partial charge on any atom is -0.493 e. The number of aromatic nitrogens is 1. The summed E-state index contributed by atoms with van der Waals surface area (Å²) in [6.45, 7) is 14.6. The van der Waals surface area contributed by atoms with Gasteiger partial charge in [-0.3, -0.25) is 4.79 Å². The quantitative estimate of drug-likeness (QED) is 0.754. The number of carbonyl (C=O) groups excluding carboxylic acids is 1. The Balaban J connectivity index is 2.11. The Bertz CT molecular complexity index is 605. The van der Waals surface area contributed by atoms with Crippen molar-refractivity contribution in [1.82, 2.24) is 10.3 Å². The summed E-state index contributed by atoms with van der Waals surface area (Å²) in [6.07, 6.45) is 2.02. The van der Waals surface area contributed by atoms with Crippen LogP contribution in [-0.4, -0.2) is 50.3 Å².